The van der Waals surface area contributed by atoms with E-state index in [0.29, 0.717) is 17.4 Å². The van der Waals surface area contributed by atoms with Crippen molar-refractivity contribution in [1.29, 1.82) is 0 Å². The van der Waals surface area contributed by atoms with Crippen LogP contribution in [0.3, 0.4) is 0 Å². The lowest BCUT2D eigenvalue weighted by atomic mass is 10.1. The number of pyridine rings is 1. The van der Waals surface area contributed by atoms with Crippen LogP contribution in [0, 0.1) is 0 Å². The number of alkyl halides is 3. The molecule has 0 atom stereocenters. The summed E-state index contributed by atoms with van der Waals surface area (Å²) < 4.78 is 39.3. The minimum atomic E-state index is -4.56. The van der Waals surface area contributed by atoms with Gasteiger partial charge in [0.1, 0.15) is 0 Å². The number of hydrogen-bond acceptors (Lipinski definition) is 6. The van der Waals surface area contributed by atoms with Gasteiger partial charge in [0.2, 0.25) is 11.1 Å². The fraction of sp³-hybridized carbons (Fsp3) is 0.462. The number of halogens is 4. The van der Waals surface area contributed by atoms with Crippen LogP contribution in [0.2, 0.25) is 5.02 Å². The second kappa shape index (κ2) is 7.16. The van der Waals surface area contributed by atoms with Crippen LogP contribution < -0.4 is 5.32 Å². The lowest BCUT2D eigenvalue weighted by Crippen LogP contribution is -2.24. The van der Waals surface area contributed by atoms with Crippen LogP contribution in [0.4, 0.5) is 19.0 Å². The van der Waals surface area contributed by atoms with Crippen molar-refractivity contribution in [3.63, 3.8) is 0 Å². The summed E-state index contributed by atoms with van der Waals surface area (Å²) in [7, 11) is 0. The molecule has 0 saturated carbocycles. The van der Waals surface area contributed by atoms with E-state index < -0.39 is 17.6 Å². The average Bonchev–Trinajstić information content (AvgIpc) is 2.95. The Balaban J connectivity index is 2.01. The highest BCUT2D eigenvalue weighted by Crippen LogP contribution is 2.32. The van der Waals surface area contributed by atoms with Gasteiger partial charge in [-0.25, -0.2) is 9.67 Å². The normalized spacial score (nSPS) is 12.3. The van der Waals surface area contributed by atoms with Gasteiger partial charge in [-0.1, -0.05) is 23.4 Å². The number of nitrogens with one attached hydrogen (secondary N) is 1. The molecule has 0 radical (unpaired) electrons. The van der Waals surface area contributed by atoms with Crippen LogP contribution in [0.25, 0.3) is 0 Å². The highest BCUT2D eigenvalue weighted by Gasteiger charge is 2.31. The highest BCUT2D eigenvalue weighted by molar-refractivity contribution is 7.99. The smallest absolute Gasteiger partial charge is 0.309 e. The fourth-order valence-corrected chi connectivity index (χ4v) is 2.75. The largest absolute Gasteiger partial charge is 0.417 e. The summed E-state index contributed by atoms with van der Waals surface area (Å²) in [6.07, 6.45) is -3.95. The van der Waals surface area contributed by atoms with Crippen LogP contribution in [0.15, 0.2) is 17.4 Å². The maximum Gasteiger partial charge on any atom is 0.417 e. The van der Waals surface area contributed by atoms with Gasteiger partial charge in [-0.15, -0.1) is 5.10 Å². The van der Waals surface area contributed by atoms with E-state index in [1.54, 1.807) is 4.68 Å². The van der Waals surface area contributed by atoms with E-state index in [9.17, 15) is 18.0 Å². The van der Waals surface area contributed by atoms with Crippen molar-refractivity contribution in [2.24, 2.45) is 0 Å². The van der Waals surface area contributed by atoms with Crippen LogP contribution in [0.5, 0.6) is 0 Å². The van der Waals surface area contributed by atoms with Gasteiger partial charge in [0.25, 0.3) is 0 Å². The van der Waals surface area contributed by atoms with Gasteiger partial charge < -0.3 is 5.32 Å². The molecule has 0 aliphatic carbocycles. The first kappa shape index (κ1) is 19.4. The Bertz CT molecular complexity index is 774. The first-order valence-electron chi connectivity index (χ1n) is 6.93. The molecule has 0 saturated heterocycles. The number of thioether (sulfide) groups is 1. The third-order valence-electron chi connectivity index (χ3n) is 2.84. The molecule has 2 aromatic rings. The SMILES string of the molecule is CC(C)(C)n1nnnc1SCC(=O)Nc1ncc(C(F)(F)F)cc1Cl. The van der Waals surface area contributed by atoms with Gasteiger partial charge in [-0.2, -0.15) is 13.2 Å². The van der Waals surface area contributed by atoms with E-state index >= 15 is 0 Å². The molecular weight excluding hydrogens is 381 g/mol. The fourth-order valence-electron chi connectivity index (χ4n) is 1.67. The number of carbonyl (C=O) groups excluding carboxylic acids is 1. The minimum absolute atomic E-state index is 0.0600. The first-order chi connectivity index (χ1) is 11.5. The number of aromatic nitrogens is 5. The van der Waals surface area contributed by atoms with Gasteiger partial charge in [0.15, 0.2) is 5.82 Å². The second-order valence-electron chi connectivity index (χ2n) is 5.93. The maximum atomic E-state index is 12.6. The van der Waals surface area contributed by atoms with Crippen molar-refractivity contribution in [3.05, 3.63) is 22.8 Å². The number of tetrazole rings is 1. The number of amides is 1. The maximum absolute atomic E-state index is 12.6. The summed E-state index contributed by atoms with van der Waals surface area (Å²) in [6.45, 7) is 5.71. The Morgan fingerprint density at radius 2 is 2.04 bits per heavy atom. The monoisotopic (exact) mass is 394 g/mol. The molecule has 2 aromatic heterocycles. The number of nitrogens with zero attached hydrogens (tertiary/aromatic N) is 5. The molecule has 0 bridgehead atoms. The van der Waals surface area contributed by atoms with Gasteiger partial charge in [-0.05, 0) is 37.3 Å². The quantitative estimate of drug-likeness (QED) is 0.801. The number of anilines is 1. The molecule has 136 valence electrons. The third-order valence-corrected chi connectivity index (χ3v) is 4.04. The van der Waals surface area contributed by atoms with E-state index in [1.807, 2.05) is 20.8 Å². The Morgan fingerprint density at radius 3 is 2.60 bits per heavy atom. The zero-order chi connectivity index (χ0) is 18.8. The summed E-state index contributed by atoms with van der Waals surface area (Å²) in [6, 6.07) is 0.706. The van der Waals surface area contributed by atoms with E-state index in [4.69, 9.17) is 11.6 Å². The summed E-state index contributed by atoms with van der Waals surface area (Å²) in [5.41, 5.74) is -1.35. The molecule has 25 heavy (non-hydrogen) atoms. The van der Waals surface area contributed by atoms with Gasteiger partial charge in [0, 0.05) is 6.20 Å². The van der Waals surface area contributed by atoms with Crippen molar-refractivity contribution in [1.82, 2.24) is 25.2 Å². The number of hydrogen-bond donors (Lipinski definition) is 1. The molecule has 0 spiro atoms. The summed E-state index contributed by atoms with van der Waals surface area (Å²) in [5.74, 6) is -0.701. The van der Waals surface area contributed by atoms with Crippen LogP contribution in [0.1, 0.15) is 26.3 Å². The molecule has 0 aromatic carbocycles. The predicted molar refractivity (Wildman–Crippen MR) is 86.4 cm³/mol. The molecular formula is C13H14ClF3N6OS. The van der Waals surface area contributed by atoms with E-state index in [-0.39, 0.29) is 22.1 Å². The summed E-state index contributed by atoms with van der Waals surface area (Å²) in [4.78, 5) is 15.5. The molecule has 0 unspecified atom stereocenters. The number of carbonyl (C=O) groups is 1. The second-order valence-corrected chi connectivity index (χ2v) is 7.28. The Kier molecular flexibility index (Phi) is 5.57. The molecule has 12 heteroatoms. The summed E-state index contributed by atoms with van der Waals surface area (Å²) >= 11 is 6.83. The standard InChI is InChI=1S/C13H14ClF3N6OS/c1-12(2,3)23-11(20-21-22-23)25-6-9(24)19-10-8(14)4-7(5-18-10)13(15,16)17/h4-5H,6H2,1-3H3,(H,18,19,24). The highest BCUT2D eigenvalue weighted by atomic mass is 35.5. The molecule has 2 rings (SSSR count). The van der Waals surface area contributed by atoms with Crippen molar-refractivity contribution < 1.29 is 18.0 Å². The zero-order valence-electron chi connectivity index (χ0n) is 13.4. The Hall–Kier alpha value is -1.88. The zero-order valence-corrected chi connectivity index (χ0v) is 15.0. The molecule has 0 aliphatic rings. The van der Waals surface area contributed by atoms with Crippen molar-refractivity contribution >= 4 is 35.1 Å². The lowest BCUT2D eigenvalue weighted by molar-refractivity contribution is -0.137. The molecule has 1 amide bonds. The average molecular weight is 395 g/mol. The molecule has 0 fully saturated rings. The van der Waals surface area contributed by atoms with Gasteiger partial charge in [0.05, 0.1) is 21.9 Å². The van der Waals surface area contributed by atoms with E-state index in [2.05, 4.69) is 25.8 Å². The topological polar surface area (TPSA) is 85.6 Å². The Morgan fingerprint density at radius 1 is 1.36 bits per heavy atom. The predicted octanol–water partition coefficient (Wildman–Crippen LogP) is 3.23. The van der Waals surface area contributed by atoms with Crippen LogP contribution in [-0.4, -0.2) is 36.9 Å². The molecule has 1 N–H and O–H groups in total. The first-order valence-corrected chi connectivity index (χ1v) is 8.29. The molecule has 2 heterocycles. The summed E-state index contributed by atoms with van der Waals surface area (Å²) in [5, 5.41) is 13.8. The van der Waals surface area contributed by atoms with Crippen molar-refractivity contribution in [2.45, 2.75) is 37.6 Å². The molecule has 0 aliphatic heterocycles. The Labute approximate surface area is 150 Å². The van der Waals surface area contributed by atoms with Crippen molar-refractivity contribution in [2.75, 3.05) is 11.1 Å². The minimum Gasteiger partial charge on any atom is -0.309 e. The van der Waals surface area contributed by atoms with Crippen LogP contribution >= 0.6 is 23.4 Å². The molecule has 7 nitrogen and oxygen atoms in total. The van der Waals surface area contributed by atoms with E-state index in [0.717, 1.165) is 11.8 Å². The van der Waals surface area contributed by atoms with Gasteiger partial charge >= 0.3 is 6.18 Å². The van der Waals surface area contributed by atoms with Crippen LogP contribution in [-0.2, 0) is 16.5 Å². The van der Waals surface area contributed by atoms with Gasteiger partial charge in [-0.3, -0.25) is 4.79 Å². The number of rotatable bonds is 4. The van der Waals surface area contributed by atoms with Crippen molar-refractivity contribution in [3.8, 4) is 0 Å². The van der Waals surface area contributed by atoms with E-state index in [1.165, 1.54) is 0 Å². The third kappa shape index (κ3) is 5.05. The lowest BCUT2D eigenvalue weighted by Gasteiger charge is -2.19.